The molecular weight excluding hydrogens is 1640 g/mol. The number of para-hydroxylation sites is 1. The Labute approximate surface area is 732 Å². The van der Waals surface area contributed by atoms with Crippen molar-refractivity contribution >= 4 is 77.1 Å². The molecule has 0 bridgehead atoms. The molecule has 4 fully saturated rings. The van der Waals surface area contributed by atoms with Gasteiger partial charge in [0, 0.05) is 132 Å². The molecule has 8 aliphatic rings. The summed E-state index contributed by atoms with van der Waals surface area (Å²) in [6, 6.07) is 60.6. The van der Waals surface area contributed by atoms with Gasteiger partial charge in [-0.2, -0.15) is 0 Å². The van der Waals surface area contributed by atoms with Gasteiger partial charge in [0.2, 0.25) is 30.1 Å². The van der Waals surface area contributed by atoms with Crippen molar-refractivity contribution in [2.24, 2.45) is 0 Å². The van der Waals surface area contributed by atoms with E-state index >= 15 is 0 Å². The van der Waals surface area contributed by atoms with Gasteiger partial charge in [-0.3, -0.25) is 43.3 Å². The van der Waals surface area contributed by atoms with Crippen LogP contribution in [0.5, 0.6) is 17.2 Å². The number of amides is 3. The molecule has 11 aromatic rings. The number of carbonyl (C=O) groups is 2. The first-order chi connectivity index (χ1) is 60.4. The van der Waals surface area contributed by atoms with Gasteiger partial charge in [-0.1, -0.05) is 141 Å². The summed E-state index contributed by atoms with van der Waals surface area (Å²) in [5.74, 6) is 5.82. The topological polar surface area (TPSA) is 335 Å². The van der Waals surface area contributed by atoms with E-state index in [0.29, 0.717) is 85.8 Å². The van der Waals surface area contributed by atoms with Gasteiger partial charge in [-0.05, 0) is 162 Å². The third kappa shape index (κ3) is 21.1. The van der Waals surface area contributed by atoms with Crippen LogP contribution >= 0.6 is 0 Å². The van der Waals surface area contributed by atoms with Crippen LogP contribution in [-0.4, -0.2) is 203 Å². The van der Waals surface area contributed by atoms with E-state index in [1.807, 2.05) is 147 Å². The molecule has 4 spiro atoms. The van der Waals surface area contributed by atoms with Gasteiger partial charge in [0.1, 0.15) is 40.5 Å². The molecule has 654 valence electrons. The zero-order valence-electron chi connectivity index (χ0n) is 71.5. The summed E-state index contributed by atoms with van der Waals surface area (Å²) in [4.78, 5) is 65.9. The van der Waals surface area contributed by atoms with Crippen LogP contribution in [0.1, 0.15) is 98.6 Å². The van der Waals surface area contributed by atoms with Crippen molar-refractivity contribution in [1.29, 1.82) is 0 Å². The number of ether oxygens (including phenoxy) is 3. The minimum absolute atomic E-state index is 0.0437. The van der Waals surface area contributed by atoms with E-state index in [2.05, 4.69) is 107 Å². The summed E-state index contributed by atoms with van der Waals surface area (Å²) in [7, 11) is -6.59. The van der Waals surface area contributed by atoms with Gasteiger partial charge in [0.05, 0.1) is 69.2 Å². The average molecular weight is 1750 g/mol. The normalized spacial score (nSPS) is 17.2. The number of urea groups is 1. The third-order valence-corrected chi connectivity index (χ3v) is 27.8. The summed E-state index contributed by atoms with van der Waals surface area (Å²) in [5, 5.41) is 12.2. The summed E-state index contributed by atoms with van der Waals surface area (Å²) >= 11 is 0. The zero-order valence-corrected chi connectivity index (χ0v) is 74.0. The lowest BCUT2D eigenvalue weighted by Gasteiger charge is -2.39. The Morgan fingerprint density at radius 3 is 1.18 bits per heavy atom. The molecule has 19 rings (SSSR count). The Hall–Kier alpha value is -12.1. The van der Waals surface area contributed by atoms with E-state index in [-0.39, 0.29) is 22.3 Å². The van der Waals surface area contributed by atoms with E-state index in [1.54, 1.807) is 80.6 Å². The Morgan fingerprint density at radius 1 is 0.400 bits per heavy atom. The van der Waals surface area contributed by atoms with Gasteiger partial charge in [0.25, 0.3) is 0 Å². The molecule has 32 heteroatoms. The molecule has 4 saturated heterocycles. The van der Waals surface area contributed by atoms with E-state index < -0.39 is 36.2 Å². The predicted octanol–water partition coefficient (Wildman–Crippen LogP) is 13.6. The Morgan fingerprint density at radius 2 is 0.776 bits per heavy atom. The molecule has 14 heterocycles. The number of nitrogens with zero attached hydrogens (tertiary/aromatic N) is 14. The second-order valence-electron chi connectivity index (χ2n) is 32.4. The van der Waals surface area contributed by atoms with Crippen LogP contribution < -0.4 is 48.4 Å². The fourth-order valence-corrected chi connectivity index (χ4v) is 20.5. The van der Waals surface area contributed by atoms with Gasteiger partial charge in [-0.25, -0.2) is 64.7 Å². The maximum atomic E-state index is 12.8. The second kappa shape index (κ2) is 39.4. The monoisotopic (exact) mass is 1750 g/mol. The molecule has 8 aliphatic heterocycles. The van der Waals surface area contributed by atoms with Crippen molar-refractivity contribution in [3.8, 4) is 39.8 Å². The summed E-state index contributed by atoms with van der Waals surface area (Å²) in [6.07, 6.45) is 23.8. The van der Waals surface area contributed by atoms with Crippen LogP contribution in [0.4, 0.5) is 44.5 Å². The van der Waals surface area contributed by atoms with Crippen LogP contribution in [0.3, 0.4) is 0 Å². The number of pyridine rings is 4. The molecule has 29 nitrogen and oxygen atoms in total. The van der Waals surface area contributed by atoms with E-state index in [1.165, 1.54) is 67.4 Å². The van der Waals surface area contributed by atoms with Crippen molar-refractivity contribution in [2.75, 3.05) is 140 Å². The number of hydrogen-bond donors (Lipinski definition) is 4. The number of anilines is 6. The quantitative estimate of drug-likeness (QED) is 0.0785. The largest absolute Gasteiger partial charge is 0.497 e. The first kappa shape index (κ1) is 89.2. The highest BCUT2D eigenvalue weighted by Gasteiger charge is 2.51. The van der Waals surface area contributed by atoms with Crippen LogP contribution in [0.15, 0.2) is 238 Å². The van der Waals surface area contributed by atoms with Crippen molar-refractivity contribution in [3.05, 3.63) is 271 Å². The molecule has 125 heavy (non-hydrogen) atoms. The number of methoxy groups -OCH3 is 2. The van der Waals surface area contributed by atoms with Gasteiger partial charge in [0.15, 0.2) is 11.6 Å². The molecule has 0 radical (unpaired) electrons. The van der Waals surface area contributed by atoms with E-state index in [4.69, 9.17) is 14.2 Å². The SMILES string of the molecule is CC.COc1ccc(CN2CCC3(CC2)CN(S(C)(=O)=O)c2ncccc23)cc1.COc1ccc(CN2CCC3(CC2)CNc2ncccc23)cc1.CS(=O)(=O)N1CC2(CCN(C(=O)Nc3cnc(-c4ccccc4)cn3)CC2)c2cccnc21.CS(=O)(=O)N1CC2(CCNCC2)c2cccnc21.O=C(Nc1cnc(-c2ccccc2)cn1)Oc1ccccc1. The highest BCUT2D eigenvalue weighted by atomic mass is 32.2. The number of benzene rings is 5. The van der Waals surface area contributed by atoms with Gasteiger partial charge >= 0.3 is 12.1 Å². The number of hydrogen-bond acceptors (Lipinski definition) is 23. The van der Waals surface area contributed by atoms with Crippen molar-refractivity contribution in [1.82, 2.24) is 59.9 Å². The predicted molar refractivity (Wildman–Crippen MR) is 488 cm³/mol. The number of likely N-dealkylation sites (tertiary alicyclic amines) is 3. The Kier molecular flexibility index (Phi) is 28.1. The lowest BCUT2D eigenvalue weighted by molar-refractivity contribution is 0.161. The number of carbonyl (C=O) groups excluding carboxylic acids is 2. The molecule has 6 aromatic heterocycles. The molecule has 3 amide bonds. The highest BCUT2D eigenvalue weighted by molar-refractivity contribution is 7.92. The molecule has 4 N–H and O–H groups in total. The number of aromatic nitrogens is 8. The summed E-state index contributed by atoms with van der Waals surface area (Å²) in [5.41, 5.74) is 10.3. The standard InChI is InChI=1S/C23H24N6O3S.C20H25N3O3S.C19H23N3O.C17H13N3O2.C12H17N3O2S.C2H6/c1-33(31,32)29-16-23(18-8-5-11-24-21(18)29)9-12-28(13-10-23)22(30)27-20-15-25-19(14-26-20)17-6-3-2-4-7-17;1-26-17-7-5-16(6-8-17)14-22-12-9-20(10-13-22)15-23(27(2,24)25)19-18(20)4-3-11-21-19;1-23-16-6-4-15(5-7-16)13-22-11-8-19(9-12-22)14-21-18-17(19)3-2-10-20-18;21-17(22-14-9-5-2-6-10-14)20-16-12-18-15(11-19-16)13-7-3-1-4-8-13;1-18(16,17)15-9-12(4-7-13-8-5-12)10-3-2-6-14-11(10)15;1-2/h2-8,11,14-15H,9-10,12-13,16H2,1H3,(H,26,27,30);3-8,11H,9-10,12-15H2,1-2H3;2-7,10H,8-9,11-14H2,1H3,(H,20,21);1-12H,(H,19,20,21);2-3,6,13H,4-5,7-9H2,1H3;1-2H3. The van der Waals surface area contributed by atoms with Gasteiger partial charge < -0.3 is 29.7 Å². The number of fused-ring (bicyclic) bond motifs is 8. The number of nitrogens with one attached hydrogen (secondary N) is 4. The maximum Gasteiger partial charge on any atom is 0.418 e. The third-order valence-electron chi connectivity index (χ3n) is 24.5. The number of sulfonamides is 3. The molecule has 0 aliphatic carbocycles. The zero-order chi connectivity index (χ0) is 87.8. The van der Waals surface area contributed by atoms with Crippen molar-refractivity contribution in [2.45, 2.75) is 100.0 Å². The summed E-state index contributed by atoms with van der Waals surface area (Å²) in [6.45, 7) is 15.4. The molecule has 0 atom stereocenters. The van der Waals surface area contributed by atoms with Crippen LogP contribution in [0.25, 0.3) is 22.5 Å². The lowest BCUT2D eigenvalue weighted by atomic mass is 9.75. The molecule has 5 aromatic carbocycles. The fraction of sp³-hybridized carbons (Fsp3) is 0.355. The van der Waals surface area contributed by atoms with Gasteiger partial charge in [-0.15, -0.1) is 0 Å². The fourth-order valence-electron chi connectivity index (χ4n) is 17.7. The Bertz CT molecular complexity index is 5820. The second-order valence-corrected chi connectivity index (χ2v) is 38.1. The average Bonchev–Trinajstić information content (AvgIpc) is 1.59. The number of piperidine rings is 4. The minimum atomic E-state index is -3.42. The summed E-state index contributed by atoms with van der Waals surface area (Å²) < 4.78 is 92.8. The van der Waals surface area contributed by atoms with Crippen LogP contribution in [-0.2, 0) is 64.8 Å². The maximum absolute atomic E-state index is 12.8. The highest BCUT2D eigenvalue weighted by Crippen LogP contribution is 2.50. The number of rotatable bonds is 14. The Balaban J connectivity index is 0.000000128. The molecular formula is C93H108N18O11S3. The van der Waals surface area contributed by atoms with E-state index in [9.17, 15) is 34.8 Å². The van der Waals surface area contributed by atoms with Crippen LogP contribution in [0, 0.1) is 0 Å². The lowest BCUT2D eigenvalue weighted by Crippen LogP contribution is -2.48. The van der Waals surface area contributed by atoms with E-state index in [0.717, 1.165) is 141 Å². The van der Waals surface area contributed by atoms with Crippen molar-refractivity contribution < 1.29 is 49.1 Å². The first-order valence-corrected chi connectivity index (χ1v) is 47.7. The first-order valence-electron chi connectivity index (χ1n) is 42.2. The molecule has 0 saturated carbocycles. The minimum Gasteiger partial charge on any atom is -0.497 e. The smallest absolute Gasteiger partial charge is 0.418 e. The molecule has 0 unspecified atom stereocenters. The van der Waals surface area contributed by atoms with Crippen LogP contribution in [0.2, 0.25) is 0 Å². The van der Waals surface area contributed by atoms with Crippen molar-refractivity contribution in [3.63, 3.8) is 0 Å².